The molecular formula is C10H8F3N3O2. The third-order valence-corrected chi connectivity index (χ3v) is 2.38. The van der Waals surface area contributed by atoms with Gasteiger partial charge in [-0.15, -0.1) is 0 Å². The topological polar surface area (TPSA) is 95.2 Å². The normalized spacial score (nSPS) is 11.7. The van der Waals surface area contributed by atoms with E-state index in [2.05, 4.69) is 10.2 Å². The Balaban J connectivity index is 2.73. The number of rotatable bonds is 1. The zero-order valence-corrected chi connectivity index (χ0v) is 8.78. The summed E-state index contributed by atoms with van der Waals surface area (Å²) in [6, 6.07) is 1.23. The van der Waals surface area contributed by atoms with Crippen LogP contribution in [0, 0.1) is 0 Å². The maximum absolute atomic E-state index is 12.8. The van der Waals surface area contributed by atoms with Crippen molar-refractivity contribution in [3.8, 4) is 22.6 Å². The van der Waals surface area contributed by atoms with Gasteiger partial charge in [0.2, 0.25) is 0 Å². The second kappa shape index (κ2) is 3.83. The molecule has 0 saturated carbocycles. The summed E-state index contributed by atoms with van der Waals surface area (Å²) in [5.41, 5.74) is 3.98. The summed E-state index contributed by atoms with van der Waals surface area (Å²) in [5, 5.41) is 24.2. The van der Waals surface area contributed by atoms with Crippen molar-refractivity contribution in [2.45, 2.75) is 6.18 Å². The van der Waals surface area contributed by atoms with Crippen LogP contribution in [0.15, 0.2) is 18.3 Å². The number of halogens is 3. The van der Waals surface area contributed by atoms with Gasteiger partial charge >= 0.3 is 6.18 Å². The van der Waals surface area contributed by atoms with Gasteiger partial charge in [-0.05, 0) is 12.1 Å². The molecule has 0 saturated heterocycles. The second-order valence-electron chi connectivity index (χ2n) is 3.58. The van der Waals surface area contributed by atoms with Gasteiger partial charge in [-0.25, -0.2) is 0 Å². The Morgan fingerprint density at radius 2 is 1.72 bits per heavy atom. The fourth-order valence-corrected chi connectivity index (χ4v) is 1.54. The molecule has 2 aromatic rings. The van der Waals surface area contributed by atoms with Crippen LogP contribution < -0.4 is 5.73 Å². The van der Waals surface area contributed by atoms with Crippen molar-refractivity contribution in [2.24, 2.45) is 0 Å². The number of phenols is 2. The Bertz CT molecular complexity index is 593. The van der Waals surface area contributed by atoms with E-state index in [0.717, 1.165) is 12.3 Å². The predicted molar refractivity (Wildman–Crippen MR) is 56.8 cm³/mol. The van der Waals surface area contributed by atoms with Crippen LogP contribution in [0.4, 0.5) is 19.0 Å². The van der Waals surface area contributed by atoms with Gasteiger partial charge < -0.3 is 15.9 Å². The second-order valence-corrected chi connectivity index (χ2v) is 3.58. The van der Waals surface area contributed by atoms with E-state index in [9.17, 15) is 18.3 Å². The first-order valence-corrected chi connectivity index (χ1v) is 4.73. The number of nitrogen functional groups attached to an aromatic ring is 1. The molecule has 0 radical (unpaired) electrons. The van der Waals surface area contributed by atoms with Gasteiger partial charge in [-0.3, -0.25) is 5.10 Å². The fourth-order valence-electron chi connectivity index (χ4n) is 1.54. The average Bonchev–Trinajstić information content (AvgIpc) is 2.66. The highest BCUT2D eigenvalue weighted by molar-refractivity contribution is 5.78. The third-order valence-electron chi connectivity index (χ3n) is 2.38. The van der Waals surface area contributed by atoms with E-state index in [1.165, 1.54) is 0 Å². The first-order valence-electron chi connectivity index (χ1n) is 4.73. The van der Waals surface area contributed by atoms with Crippen LogP contribution in [-0.4, -0.2) is 20.4 Å². The number of hydrogen-bond donors (Lipinski definition) is 4. The van der Waals surface area contributed by atoms with Crippen LogP contribution in [0.5, 0.6) is 11.5 Å². The Hall–Kier alpha value is -2.38. The van der Waals surface area contributed by atoms with Crippen LogP contribution in [0.3, 0.4) is 0 Å². The quantitative estimate of drug-likeness (QED) is 0.590. The van der Waals surface area contributed by atoms with Crippen molar-refractivity contribution in [2.75, 3.05) is 5.73 Å². The molecule has 0 spiro atoms. The predicted octanol–water partition coefficient (Wildman–Crippen LogP) is 2.09. The fraction of sp³-hybridized carbons (Fsp3) is 0.100. The molecule has 5 N–H and O–H groups in total. The first kappa shape index (κ1) is 12.1. The van der Waals surface area contributed by atoms with E-state index >= 15 is 0 Å². The lowest BCUT2D eigenvalue weighted by atomic mass is 10.0. The summed E-state index contributed by atoms with van der Waals surface area (Å²) in [6.07, 6.45) is -3.58. The molecule has 0 bridgehead atoms. The molecule has 96 valence electrons. The minimum Gasteiger partial charge on any atom is -0.504 e. The number of phenolic OH excluding ortho intramolecular Hbond substituents is 2. The molecule has 0 aliphatic carbocycles. The smallest absolute Gasteiger partial charge is 0.417 e. The van der Waals surface area contributed by atoms with Crippen LogP contribution in [0.2, 0.25) is 0 Å². The number of nitrogens with one attached hydrogen (secondary N) is 1. The Morgan fingerprint density at radius 1 is 1.11 bits per heavy atom. The summed E-state index contributed by atoms with van der Waals surface area (Å²) in [5.74, 6) is -1.59. The number of nitrogens with zero attached hydrogens (tertiary/aromatic N) is 1. The number of aromatic amines is 1. The molecule has 5 nitrogen and oxygen atoms in total. The van der Waals surface area contributed by atoms with Gasteiger partial charge in [0.25, 0.3) is 0 Å². The van der Waals surface area contributed by atoms with Gasteiger partial charge in [0.15, 0.2) is 11.5 Å². The zero-order valence-electron chi connectivity index (χ0n) is 8.78. The van der Waals surface area contributed by atoms with Crippen molar-refractivity contribution in [3.63, 3.8) is 0 Å². The van der Waals surface area contributed by atoms with Crippen LogP contribution in [-0.2, 0) is 6.18 Å². The van der Waals surface area contributed by atoms with Crippen LogP contribution in [0.1, 0.15) is 5.56 Å². The minimum absolute atomic E-state index is 0.00220. The van der Waals surface area contributed by atoms with Gasteiger partial charge in [0, 0.05) is 11.1 Å². The van der Waals surface area contributed by atoms with Gasteiger partial charge in [0.05, 0.1) is 11.8 Å². The van der Waals surface area contributed by atoms with Crippen molar-refractivity contribution >= 4 is 5.82 Å². The minimum atomic E-state index is -4.69. The van der Waals surface area contributed by atoms with Gasteiger partial charge in [0.1, 0.15) is 5.82 Å². The summed E-state index contributed by atoms with van der Waals surface area (Å²) in [6.45, 7) is 0. The number of alkyl halides is 3. The Labute approximate surface area is 98.7 Å². The lowest BCUT2D eigenvalue weighted by Gasteiger charge is -2.13. The molecule has 1 heterocycles. The van der Waals surface area contributed by atoms with Gasteiger partial charge in [-0.1, -0.05) is 0 Å². The molecule has 18 heavy (non-hydrogen) atoms. The van der Waals surface area contributed by atoms with Crippen molar-refractivity contribution in [1.82, 2.24) is 10.2 Å². The summed E-state index contributed by atoms with van der Waals surface area (Å²) in [7, 11) is 0. The van der Waals surface area contributed by atoms with E-state index in [1.807, 2.05) is 0 Å². The lowest BCUT2D eigenvalue weighted by Crippen LogP contribution is -2.07. The monoisotopic (exact) mass is 259 g/mol. The standard InChI is InChI=1S/C10H8F3N3O2/c11-10(12,13)6-2-8(18)7(17)1-4(6)5-3-15-16-9(5)14/h1-3,17-18H,(H3,14,15,16). The lowest BCUT2D eigenvalue weighted by molar-refractivity contribution is -0.137. The largest absolute Gasteiger partial charge is 0.504 e. The molecule has 1 aromatic carbocycles. The highest BCUT2D eigenvalue weighted by Gasteiger charge is 2.35. The summed E-state index contributed by atoms with van der Waals surface area (Å²) in [4.78, 5) is 0. The van der Waals surface area contributed by atoms with Crippen molar-refractivity contribution in [3.05, 3.63) is 23.9 Å². The molecular weight excluding hydrogens is 251 g/mol. The summed E-state index contributed by atoms with van der Waals surface area (Å²) < 4.78 is 38.5. The molecule has 0 aliphatic heterocycles. The maximum atomic E-state index is 12.8. The maximum Gasteiger partial charge on any atom is 0.417 e. The van der Waals surface area contributed by atoms with Crippen LogP contribution >= 0.6 is 0 Å². The number of benzene rings is 1. The van der Waals surface area contributed by atoms with E-state index in [0.29, 0.717) is 6.07 Å². The van der Waals surface area contributed by atoms with Crippen molar-refractivity contribution in [1.29, 1.82) is 0 Å². The van der Waals surface area contributed by atoms with E-state index in [4.69, 9.17) is 10.8 Å². The molecule has 0 atom stereocenters. The molecule has 0 amide bonds. The van der Waals surface area contributed by atoms with E-state index in [1.54, 1.807) is 0 Å². The number of aromatic hydroxyl groups is 2. The van der Waals surface area contributed by atoms with Crippen LogP contribution in [0.25, 0.3) is 11.1 Å². The third kappa shape index (κ3) is 1.92. The van der Waals surface area contributed by atoms with Crippen molar-refractivity contribution < 1.29 is 23.4 Å². The van der Waals surface area contributed by atoms with Gasteiger partial charge in [-0.2, -0.15) is 18.3 Å². The SMILES string of the molecule is Nc1[nH]ncc1-c1cc(O)c(O)cc1C(F)(F)F. The highest BCUT2D eigenvalue weighted by atomic mass is 19.4. The number of H-pyrrole nitrogens is 1. The molecule has 0 fully saturated rings. The zero-order chi connectivity index (χ0) is 13.5. The number of aromatic nitrogens is 2. The number of anilines is 1. The first-order chi connectivity index (χ1) is 8.30. The molecule has 0 unspecified atom stereocenters. The molecule has 2 rings (SSSR count). The van der Waals surface area contributed by atoms with E-state index < -0.39 is 23.2 Å². The number of nitrogens with two attached hydrogens (primary N) is 1. The molecule has 0 aliphatic rings. The highest BCUT2D eigenvalue weighted by Crippen LogP contribution is 2.43. The Morgan fingerprint density at radius 3 is 2.22 bits per heavy atom. The average molecular weight is 259 g/mol. The molecule has 8 heteroatoms. The number of hydrogen-bond acceptors (Lipinski definition) is 4. The molecule has 1 aromatic heterocycles. The van der Waals surface area contributed by atoms with E-state index in [-0.39, 0.29) is 16.9 Å². The Kier molecular flexibility index (Phi) is 2.57. The summed E-state index contributed by atoms with van der Waals surface area (Å²) >= 11 is 0.